The molecule has 2 N–H and O–H groups in total. The van der Waals surface area contributed by atoms with Crippen LogP contribution in [0.25, 0.3) is 11.5 Å². The average molecular weight is 324 g/mol. The molecule has 0 atom stereocenters. The molecule has 0 radical (unpaired) electrons. The van der Waals surface area contributed by atoms with E-state index in [-0.39, 0.29) is 0 Å². The molecule has 0 aliphatic heterocycles. The Hall–Kier alpha value is -1.20. The third kappa shape index (κ3) is 2.58. The van der Waals surface area contributed by atoms with Crippen LogP contribution in [0.2, 0.25) is 0 Å². The Kier molecular flexibility index (Phi) is 4.06. The predicted octanol–water partition coefficient (Wildman–Crippen LogP) is 3.78. The maximum Gasteiger partial charge on any atom is 0.259 e. The van der Waals surface area contributed by atoms with Gasteiger partial charge in [-0.1, -0.05) is 31.1 Å². The van der Waals surface area contributed by atoms with Gasteiger partial charge in [-0.3, -0.25) is 0 Å². The molecule has 0 aliphatic rings. The van der Waals surface area contributed by atoms with Crippen molar-refractivity contribution in [1.82, 2.24) is 10.1 Å². The van der Waals surface area contributed by atoms with Crippen LogP contribution in [0.4, 0.5) is 0 Å². The zero-order chi connectivity index (χ0) is 14.0. The second kappa shape index (κ2) is 5.43. The fraction of sp³-hybridized carbons (Fsp3) is 0.429. The minimum atomic E-state index is -0.516. The lowest BCUT2D eigenvalue weighted by molar-refractivity contribution is 0.350. The standard InChI is InChI=1S/C14H18BrN3O/c1-4-14(16,5-2)13-17-12(19-18-13)10-8-6-7-9(3)11(10)15/h6-8H,4-5,16H2,1-3H3. The molecule has 0 spiro atoms. The van der Waals surface area contributed by atoms with Crippen LogP contribution in [-0.2, 0) is 5.54 Å². The first-order chi connectivity index (χ1) is 9.01. The molecular weight excluding hydrogens is 306 g/mol. The Morgan fingerprint density at radius 2 is 2.00 bits per heavy atom. The number of hydrogen-bond acceptors (Lipinski definition) is 4. The molecule has 1 heterocycles. The summed E-state index contributed by atoms with van der Waals surface area (Å²) >= 11 is 3.55. The zero-order valence-electron chi connectivity index (χ0n) is 11.4. The molecule has 102 valence electrons. The van der Waals surface area contributed by atoms with Crippen molar-refractivity contribution in [2.75, 3.05) is 0 Å². The van der Waals surface area contributed by atoms with E-state index in [9.17, 15) is 0 Å². The van der Waals surface area contributed by atoms with Gasteiger partial charge in [-0.2, -0.15) is 4.98 Å². The van der Waals surface area contributed by atoms with E-state index in [1.165, 1.54) is 0 Å². The summed E-state index contributed by atoms with van der Waals surface area (Å²) in [5, 5.41) is 4.05. The summed E-state index contributed by atoms with van der Waals surface area (Å²) in [6, 6.07) is 5.94. The van der Waals surface area contributed by atoms with Gasteiger partial charge in [-0.25, -0.2) is 0 Å². The van der Waals surface area contributed by atoms with Crippen molar-refractivity contribution in [2.45, 2.75) is 39.2 Å². The van der Waals surface area contributed by atoms with Crippen LogP contribution >= 0.6 is 15.9 Å². The molecule has 0 amide bonds. The van der Waals surface area contributed by atoms with Crippen molar-refractivity contribution in [2.24, 2.45) is 5.73 Å². The van der Waals surface area contributed by atoms with E-state index in [2.05, 4.69) is 26.1 Å². The van der Waals surface area contributed by atoms with Crippen molar-refractivity contribution >= 4 is 15.9 Å². The maximum absolute atomic E-state index is 6.28. The minimum Gasteiger partial charge on any atom is -0.334 e. The van der Waals surface area contributed by atoms with Gasteiger partial charge in [0.25, 0.3) is 5.89 Å². The number of halogens is 1. The molecule has 19 heavy (non-hydrogen) atoms. The van der Waals surface area contributed by atoms with Gasteiger partial charge in [0.05, 0.1) is 11.1 Å². The van der Waals surface area contributed by atoms with E-state index in [1.807, 2.05) is 39.0 Å². The third-order valence-corrected chi connectivity index (χ3v) is 4.61. The van der Waals surface area contributed by atoms with Gasteiger partial charge in [0.1, 0.15) is 0 Å². The summed E-state index contributed by atoms with van der Waals surface area (Å²) in [5.74, 6) is 1.07. The van der Waals surface area contributed by atoms with Crippen molar-refractivity contribution in [3.05, 3.63) is 34.1 Å². The topological polar surface area (TPSA) is 64.9 Å². The molecular formula is C14H18BrN3O. The molecule has 0 fully saturated rings. The number of nitrogens with zero attached hydrogens (tertiary/aromatic N) is 2. The van der Waals surface area contributed by atoms with E-state index in [4.69, 9.17) is 10.3 Å². The lowest BCUT2D eigenvalue weighted by Crippen LogP contribution is -2.36. The van der Waals surface area contributed by atoms with E-state index in [0.717, 1.165) is 28.4 Å². The van der Waals surface area contributed by atoms with Crippen LogP contribution in [0, 0.1) is 6.92 Å². The molecule has 0 saturated carbocycles. The predicted molar refractivity (Wildman–Crippen MR) is 78.6 cm³/mol. The highest BCUT2D eigenvalue weighted by Crippen LogP contribution is 2.31. The van der Waals surface area contributed by atoms with Crippen LogP contribution < -0.4 is 5.73 Å². The van der Waals surface area contributed by atoms with Gasteiger partial charge in [-0.05, 0) is 47.3 Å². The monoisotopic (exact) mass is 323 g/mol. The molecule has 4 nitrogen and oxygen atoms in total. The van der Waals surface area contributed by atoms with Crippen LogP contribution in [-0.4, -0.2) is 10.1 Å². The lowest BCUT2D eigenvalue weighted by atomic mass is 9.93. The van der Waals surface area contributed by atoms with Crippen molar-refractivity contribution in [3.63, 3.8) is 0 Å². The molecule has 0 bridgehead atoms. The van der Waals surface area contributed by atoms with E-state index < -0.39 is 5.54 Å². The van der Waals surface area contributed by atoms with Gasteiger partial charge >= 0.3 is 0 Å². The number of benzene rings is 1. The highest BCUT2D eigenvalue weighted by molar-refractivity contribution is 9.10. The first-order valence-corrected chi connectivity index (χ1v) is 7.19. The Morgan fingerprint density at radius 1 is 1.32 bits per heavy atom. The molecule has 0 unspecified atom stereocenters. The van der Waals surface area contributed by atoms with Gasteiger partial charge in [0.15, 0.2) is 5.82 Å². The van der Waals surface area contributed by atoms with Crippen LogP contribution in [0.3, 0.4) is 0 Å². The van der Waals surface area contributed by atoms with Gasteiger partial charge in [-0.15, -0.1) is 0 Å². The van der Waals surface area contributed by atoms with Crippen LogP contribution in [0.1, 0.15) is 38.1 Å². The summed E-state index contributed by atoms with van der Waals surface area (Å²) in [5.41, 5.74) is 7.79. The maximum atomic E-state index is 6.28. The average Bonchev–Trinajstić information content (AvgIpc) is 2.91. The molecule has 5 heteroatoms. The Morgan fingerprint density at radius 3 is 2.63 bits per heavy atom. The quantitative estimate of drug-likeness (QED) is 0.929. The number of hydrogen-bond donors (Lipinski definition) is 1. The Bertz CT molecular complexity index is 576. The van der Waals surface area contributed by atoms with Crippen LogP contribution in [0.15, 0.2) is 27.2 Å². The minimum absolute atomic E-state index is 0.502. The fourth-order valence-electron chi connectivity index (χ4n) is 1.91. The first-order valence-electron chi connectivity index (χ1n) is 6.40. The van der Waals surface area contributed by atoms with Crippen molar-refractivity contribution in [3.8, 4) is 11.5 Å². The fourth-order valence-corrected chi connectivity index (χ4v) is 2.35. The number of aromatic nitrogens is 2. The largest absolute Gasteiger partial charge is 0.334 e. The smallest absolute Gasteiger partial charge is 0.259 e. The van der Waals surface area contributed by atoms with Crippen LogP contribution in [0.5, 0.6) is 0 Å². The molecule has 2 rings (SSSR count). The molecule has 0 aliphatic carbocycles. The zero-order valence-corrected chi connectivity index (χ0v) is 13.0. The SMILES string of the molecule is CCC(N)(CC)c1noc(-c2cccc(C)c2Br)n1. The highest BCUT2D eigenvalue weighted by atomic mass is 79.9. The van der Waals surface area contributed by atoms with Gasteiger partial charge < -0.3 is 10.3 Å². The highest BCUT2D eigenvalue weighted by Gasteiger charge is 2.29. The van der Waals surface area contributed by atoms with Gasteiger partial charge in [0, 0.05) is 4.47 Å². The lowest BCUT2D eigenvalue weighted by Gasteiger charge is -2.21. The van der Waals surface area contributed by atoms with Crippen molar-refractivity contribution < 1.29 is 4.52 Å². The summed E-state index contributed by atoms with van der Waals surface area (Å²) in [7, 11) is 0. The first kappa shape index (κ1) is 14.2. The summed E-state index contributed by atoms with van der Waals surface area (Å²) in [6.45, 7) is 6.08. The number of nitrogens with two attached hydrogens (primary N) is 1. The van der Waals surface area contributed by atoms with E-state index >= 15 is 0 Å². The Labute approximate surface area is 121 Å². The van der Waals surface area contributed by atoms with Gasteiger partial charge in [0.2, 0.25) is 0 Å². The molecule has 1 aromatic heterocycles. The molecule has 0 saturated heterocycles. The molecule has 1 aromatic carbocycles. The van der Waals surface area contributed by atoms with Crippen molar-refractivity contribution in [1.29, 1.82) is 0 Å². The Balaban J connectivity index is 2.44. The summed E-state index contributed by atoms with van der Waals surface area (Å²) in [6.07, 6.45) is 1.55. The molecule has 2 aromatic rings. The summed E-state index contributed by atoms with van der Waals surface area (Å²) < 4.78 is 6.34. The second-order valence-corrected chi connectivity index (χ2v) is 5.52. The van der Waals surface area contributed by atoms with E-state index in [1.54, 1.807) is 0 Å². The number of rotatable bonds is 4. The third-order valence-electron chi connectivity index (χ3n) is 3.56. The second-order valence-electron chi connectivity index (χ2n) is 4.72. The normalized spacial score (nSPS) is 11.8. The summed E-state index contributed by atoms with van der Waals surface area (Å²) in [4.78, 5) is 4.46. The number of aryl methyl sites for hydroxylation is 1. The van der Waals surface area contributed by atoms with E-state index in [0.29, 0.717) is 11.7 Å².